The summed E-state index contributed by atoms with van der Waals surface area (Å²) in [6.45, 7) is 3.76. The van der Waals surface area contributed by atoms with Crippen molar-refractivity contribution in [1.29, 1.82) is 0 Å². The maximum absolute atomic E-state index is 11.2. The number of aliphatic imine (C=N–C) groups is 1. The van der Waals surface area contributed by atoms with Crippen molar-refractivity contribution < 1.29 is 4.79 Å². The van der Waals surface area contributed by atoms with Gasteiger partial charge in [0.1, 0.15) is 0 Å². The van der Waals surface area contributed by atoms with Crippen LogP contribution in [0.2, 0.25) is 0 Å². The van der Waals surface area contributed by atoms with Gasteiger partial charge in [-0.15, -0.1) is 12.4 Å². The van der Waals surface area contributed by atoms with Crippen molar-refractivity contribution in [1.82, 2.24) is 4.90 Å². The fourth-order valence-electron chi connectivity index (χ4n) is 3.50. The van der Waals surface area contributed by atoms with E-state index in [0.29, 0.717) is 6.04 Å². The normalized spacial score (nSPS) is 12.8. The zero-order valence-corrected chi connectivity index (χ0v) is 17.6. The summed E-state index contributed by atoms with van der Waals surface area (Å²) < 4.78 is 0. The predicted octanol–water partition coefficient (Wildman–Crippen LogP) is 5.13. The number of hydrogen-bond acceptors (Lipinski definition) is 2. The molecule has 0 aliphatic carbocycles. The van der Waals surface area contributed by atoms with Crippen LogP contribution < -0.4 is 0 Å². The van der Waals surface area contributed by atoms with E-state index in [-0.39, 0.29) is 23.7 Å². The molecule has 27 heavy (non-hydrogen) atoms. The molecule has 0 saturated heterocycles. The molecule has 0 fully saturated rings. The maximum atomic E-state index is 11.2. The van der Waals surface area contributed by atoms with Gasteiger partial charge in [-0.2, -0.15) is 0 Å². The van der Waals surface area contributed by atoms with Gasteiger partial charge in [-0.25, -0.2) is 4.99 Å². The van der Waals surface area contributed by atoms with E-state index in [0.717, 1.165) is 19.3 Å². The summed E-state index contributed by atoms with van der Waals surface area (Å²) in [5.74, 6) is -0.142. The van der Waals surface area contributed by atoms with Crippen LogP contribution in [0.3, 0.4) is 0 Å². The van der Waals surface area contributed by atoms with Crippen molar-refractivity contribution in [3.63, 3.8) is 0 Å². The smallest absolute Gasteiger partial charge is 0.242 e. The number of rotatable bonds is 8. The highest BCUT2D eigenvalue weighted by atomic mass is 35.5. The molecule has 2 aromatic carbocycles. The first-order valence-electron chi connectivity index (χ1n) is 9.26. The number of hydrogen-bond donors (Lipinski definition) is 0. The number of benzene rings is 2. The highest BCUT2D eigenvalue weighted by Gasteiger charge is 2.35. The maximum Gasteiger partial charge on any atom is 0.242 e. The Hall–Kier alpha value is -1.97. The van der Waals surface area contributed by atoms with Gasteiger partial charge in [-0.1, -0.05) is 60.7 Å². The lowest BCUT2D eigenvalue weighted by Gasteiger charge is -2.39. The van der Waals surface area contributed by atoms with E-state index in [9.17, 15) is 4.79 Å². The lowest BCUT2D eigenvalue weighted by atomic mass is 9.67. The number of carbonyl (C=O) groups excluding carboxylic acids is 1. The van der Waals surface area contributed by atoms with E-state index in [1.807, 2.05) is 0 Å². The van der Waals surface area contributed by atoms with Gasteiger partial charge in [-0.05, 0) is 51.4 Å². The van der Waals surface area contributed by atoms with Crippen molar-refractivity contribution >= 4 is 24.5 Å². The summed E-state index contributed by atoms with van der Waals surface area (Å²) in [5, 5.41) is 0. The van der Waals surface area contributed by atoms with E-state index in [1.165, 1.54) is 18.1 Å². The number of amides is 1. The van der Waals surface area contributed by atoms with Gasteiger partial charge < -0.3 is 4.90 Å². The van der Waals surface area contributed by atoms with Crippen molar-refractivity contribution in [2.75, 3.05) is 14.1 Å². The van der Waals surface area contributed by atoms with Gasteiger partial charge in [0.25, 0.3) is 0 Å². The Balaban J connectivity index is 0.00000364. The third-order valence-electron chi connectivity index (χ3n) is 5.15. The molecule has 2 aromatic rings. The SMILES string of the molecule is CC(=O)N=CCCC(CC(C)N(C)C)(c1ccccc1)c1ccccc1.Cl. The fraction of sp³-hybridized carbons (Fsp3) is 0.391. The monoisotopic (exact) mass is 386 g/mol. The molecule has 0 N–H and O–H groups in total. The lowest BCUT2D eigenvalue weighted by Crippen LogP contribution is -2.37. The summed E-state index contributed by atoms with van der Waals surface area (Å²) in [7, 11) is 4.26. The molecule has 1 atom stereocenters. The highest BCUT2D eigenvalue weighted by Crippen LogP contribution is 2.41. The average molecular weight is 387 g/mol. The van der Waals surface area contributed by atoms with Crippen LogP contribution >= 0.6 is 12.4 Å². The van der Waals surface area contributed by atoms with Gasteiger partial charge in [-0.3, -0.25) is 4.79 Å². The summed E-state index contributed by atoms with van der Waals surface area (Å²) in [5.41, 5.74) is 2.52. The molecular formula is C23H31ClN2O. The van der Waals surface area contributed by atoms with Crippen LogP contribution in [-0.4, -0.2) is 37.2 Å². The molecule has 0 radical (unpaired) electrons. The summed E-state index contributed by atoms with van der Waals surface area (Å²) in [6, 6.07) is 21.9. The first-order valence-corrected chi connectivity index (χ1v) is 9.26. The summed E-state index contributed by atoms with van der Waals surface area (Å²) in [6.07, 6.45) is 4.45. The van der Waals surface area contributed by atoms with Crippen LogP contribution in [0.1, 0.15) is 44.2 Å². The van der Waals surface area contributed by atoms with E-state index in [4.69, 9.17) is 0 Å². The molecule has 3 nitrogen and oxygen atoms in total. The van der Waals surface area contributed by atoms with E-state index in [2.05, 4.69) is 91.6 Å². The third kappa shape index (κ3) is 6.30. The molecule has 4 heteroatoms. The second-order valence-electron chi connectivity index (χ2n) is 7.20. The fourth-order valence-corrected chi connectivity index (χ4v) is 3.50. The highest BCUT2D eigenvalue weighted by molar-refractivity contribution is 5.85. The minimum atomic E-state index is -0.142. The molecule has 1 unspecified atom stereocenters. The van der Waals surface area contributed by atoms with E-state index >= 15 is 0 Å². The lowest BCUT2D eigenvalue weighted by molar-refractivity contribution is -0.115. The Morgan fingerprint density at radius 2 is 1.52 bits per heavy atom. The molecule has 0 aliphatic heterocycles. The van der Waals surface area contributed by atoms with Gasteiger partial charge in [0.2, 0.25) is 5.91 Å². The number of nitrogens with zero attached hydrogens (tertiary/aromatic N) is 2. The molecule has 2 rings (SSSR count). The average Bonchev–Trinajstić information content (AvgIpc) is 2.65. The van der Waals surface area contributed by atoms with Gasteiger partial charge in [0.15, 0.2) is 0 Å². The number of halogens is 1. The Kier molecular flexibility index (Phi) is 9.40. The molecule has 1 amide bonds. The molecular weight excluding hydrogens is 356 g/mol. The molecule has 146 valence electrons. The molecule has 0 spiro atoms. The summed E-state index contributed by atoms with van der Waals surface area (Å²) in [4.78, 5) is 17.4. The van der Waals surface area contributed by atoms with Crippen molar-refractivity contribution in [3.05, 3.63) is 71.8 Å². The second-order valence-corrected chi connectivity index (χ2v) is 7.20. The van der Waals surface area contributed by atoms with Gasteiger partial charge in [0, 0.05) is 24.6 Å². The quantitative estimate of drug-likeness (QED) is 0.589. The zero-order valence-electron chi connectivity index (χ0n) is 16.8. The second kappa shape index (κ2) is 11.0. The Morgan fingerprint density at radius 1 is 1.04 bits per heavy atom. The topological polar surface area (TPSA) is 32.7 Å². The number of carbonyl (C=O) groups is 1. The molecule has 0 heterocycles. The summed E-state index contributed by atoms with van der Waals surface area (Å²) >= 11 is 0. The van der Waals surface area contributed by atoms with Crippen LogP contribution in [0.15, 0.2) is 65.7 Å². The minimum absolute atomic E-state index is 0. The minimum Gasteiger partial charge on any atom is -0.307 e. The molecule has 0 aromatic heterocycles. The van der Waals surface area contributed by atoms with Crippen LogP contribution in [0, 0.1) is 0 Å². The molecule has 0 bridgehead atoms. The van der Waals surface area contributed by atoms with Crippen LogP contribution in [0.4, 0.5) is 0 Å². The predicted molar refractivity (Wildman–Crippen MR) is 117 cm³/mol. The van der Waals surface area contributed by atoms with Crippen LogP contribution in [-0.2, 0) is 10.2 Å². The third-order valence-corrected chi connectivity index (χ3v) is 5.15. The largest absolute Gasteiger partial charge is 0.307 e. The van der Waals surface area contributed by atoms with Crippen LogP contribution in [0.5, 0.6) is 0 Å². The van der Waals surface area contributed by atoms with Gasteiger partial charge >= 0.3 is 0 Å². The molecule has 0 aliphatic rings. The Bertz CT molecular complexity index is 674. The van der Waals surface area contributed by atoms with E-state index in [1.54, 1.807) is 6.21 Å². The molecule has 0 saturated carbocycles. The Labute approximate surface area is 169 Å². The first-order chi connectivity index (χ1) is 12.5. The standard InChI is InChI=1S/C23H30N2O.ClH/c1-19(25(3)4)18-23(16-11-17-24-20(2)26,21-12-7-5-8-13-21)22-14-9-6-10-15-22;/h5-10,12-15,17,19H,11,16,18H2,1-4H3;1H. The first kappa shape index (κ1) is 23.1. The van der Waals surface area contributed by atoms with Gasteiger partial charge in [0.05, 0.1) is 0 Å². The Morgan fingerprint density at radius 3 is 1.93 bits per heavy atom. The van der Waals surface area contributed by atoms with Crippen molar-refractivity contribution in [3.8, 4) is 0 Å². The van der Waals surface area contributed by atoms with E-state index < -0.39 is 0 Å². The van der Waals surface area contributed by atoms with Crippen molar-refractivity contribution in [2.24, 2.45) is 4.99 Å². The van der Waals surface area contributed by atoms with Crippen molar-refractivity contribution in [2.45, 2.75) is 44.6 Å². The zero-order chi connectivity index (χ0) is 19.0. The van der Waals surface area contributed by atoms with Crippen LogP contribution in [0.25, 0.3) is 0 Å².